The fourth-order valence-corrected chi connectivity index (χ4v) is 1.70. The molecule has 1 rings (SSSR count). The number of esters is 1. The maximum atomic E-state index is 11.9. The number of rotatable bonds is 7. The maximum absolute atomic E-state index is 11.9. The Morgan fingerprint density at radius 1 is 1.37 bits per heavy atom. The van der Waals surface area contributed by atoms with Crippen LogP contribution in [-0.4, -0.2) is 25.0 Å². The molecule has 0 spiro atoms. The van der Waals surface area contributed by atoms with Crippen molar-refractivity contribution in [2.75, 3.05) is 7.11 Å². The molecule has 0 radical (unpaired) electrons. The van der Waals surface area contributed by atoms with Gasteiger partial charge in [-0.05, 0) is 18.4 Å². The number of nitrogens with one attached hydrogen (secondary N) is 1. The van der Waals surface area contributed by atoms with Gasteiger partial charge in [-0.25, -0.2) is 4.79 Å². The summed E-state index contributed by atoms with van der Waals surface area (Å²) in [5.74, 6) is -0.617. The van der Waals surface area contributed by atoms with E-state index in [-0.39, 0.29) is 12.3 Å². The SMILES string of the molecule is C=CCC[C@H](NC(=O)Cc1ccccc1)C(=O)OC. The van der Waals surface area contributed by atoms with Gasteiger partial charge in [-0.3, -0.25) is 4.79 Å². The molecule has 0 bridgehead atoms. The van der Waals surface area contributed by atoms with Crippen molar-refractivity contribution >= 4 is 11.9 Å². The Kier molecular flexibility index (Phi) is 6.36. The molecule has 0 aliphatic carbocycles. The average molecular weight is 261 g/mol. The van der Waals surface area contributed by atoms with Crippen LogP contribution in [0.15, 0.2) is 43.0 Å². The molecular weight excluding hydrogens is 242 g/mol. The van der Waals surface area contributed by atoms with Crippen LogP contribution in [0.2, 0.25) is 0 Å². The number of hydrogen-bond donors (Lipinski definition) is 1. The van der Waals surface area contributed by atoms with E-state index in [0.717, 1.165) is 5.56 Å². The van der Waals surface area contributed by atoms with Gasteiger partial charge in [0.1, 0.15) is 6.04 Å². The number of amides is 1. The van der Waals surface area contributed by atoms with Gasteiger partial charge in [-0.1, -0.05) is 36.4 Å². The first-order chi connectivity index (χ1) is 9.17. The minimum Gasteiger partial charge on any atom is -0.467 e. The van der Waals surface area contributed by atoms with Gasteiger partial charge in [0.2, 0.25) is 5.91 Å². The minimum absolute atomic E-state index is 0.189. The lowest BCUT2D eigenvalue weighted by atomic mass is 10.1. The number of benzene rings is 1. The predicted octanol–water partition coefficient (Wildman–Crippen LogP) is 1.85. The topological polar surface area (TPSA) is 55.4 Å². The Labute approximate surface area is 113 Å². The third-order valence-electron chi connectivity index (χ3n) is 2.69. The van der Waals surface area contributed by atoms with Crippen molar-refractivity contribution in [2.24, 2.45) is 0 Å². The van der Waals surface area contributed by atoms with E-state index in [4.69, 9.17) is 0 Å². The molecule has 1 atom stereocenters. The van der Waals surface area contributed by atoms with Crippen LogP contribution < -0.4 is 5.32 Å². The zero-order chi connectivity index (χ0) is 14.1. The van der Waals surface area contributed by atoms with Gasteiger partial charge in [0.15, 0.2) is 0 Å². The lowest BCUT2D eigenvalue weighted by molar-refractivity contribution is -0.145. The molecule has 0 aliphatic heterocycles. The molecular formula is C15H19NO3. The first kappa shape index (κ1) is 15.0. The molecule has 0 unspecified atom stereocenters. The summed E-state index contributed by atoms with van der Waals surface area (Å²) in [6.45, 7) is 3.60. The Hall–Kier alpha value is -2.10. The summed E-state index contributed by atoms with van der Waals surface area (Å²) in [6.07, 6.45) is 3.10. The van der Waals surface area contributed by atoms with Gasteiger partial charge in [-0.2, -0.15) is 0 Å². The minimum atomic E-state index is -0.612. The highest BCUT2D eigenvalue weighted by atomic mass is 16.5. The van der Waals surface area contributed by atoms with E-state index in [0.29, 0.717) is 12.8 Å². The Bertz CT molecular complexity index is 428. The van der Waals surface area contributed by atoms with E-state index >= 15 is 0 Å². The van der Waals surface area contributed by atoms with E-state index in [1.54, 1.807) is 6.08 Å². The summed E-state index contributed by atoms with van der Waals surface area (Å²) in [5, 5.41) is 2.69. The first-order valence-electron chi connectivity index (χ1n) is 6.19. The van der Waals surface area contributed by atoms with Crippen LogP contribution in [0, 0.1) is 0 Å². The molecule has 19 heavy (non-hydrogen) atoms. The van der Waals surface area contributed by atoms with Gasteiger partial charge >= 0.3 is 5.97 Å². The molecule has 102 valence electrons. The summed E-state index contributed by atoms with van der Waals surface area (Å²) in [7, 11) is 1.31. The van der Waals surface area contributed by atoms with Gasteiger partial charge in [-0.15, -0.1) is 6.58 Å². The Morgan fingerprint density at radius 2 is 2.05 bits per heavy atom. The van der Waals surface area contributed by atoms with Gasteiger partial charge < -0.3 is 10.1 Å². The number of carbonyl (C=O) groups excluding carboxylic acids is 2. The monoisotopic (exact) mass is 261 g/mol. The summed E-state index contributed by atoms with van der Waals surface area (Å²) in [6, 6.07) is 8.77. The normalized spacial score (nSPS) is 11.4. The molecule has 4 nitrogen and oxygen atoms in total. The third kappa shape index (κ3) is 5.38. The molecule has 4 heteroatoms. The maximum Gasteiger partial charge on any atom is 0.328 e. The fourth-order valence-electron chi connectivity index (χ4n) is 1.70. The molecule has 0 aromatic heterocycles. The molecule has 1 amide bonds. The van der Waals surface area contributed by atoms with Crippen molar-refractivity contribution < 1.29 is 14.3 Å². The molecule has 0 heterocycles. The first-order valence-corrected chi connectivity index (χ1v) is 6.19. The summed E-state index contributed by atoms with van der Waals surface area (Å²) in [5.41, 5.74) is 0.910. The number of methoxy groups -OCH3 is 1. The van der Waals surface area contributed by atoms with Crippen molar-refractivity contribution in [3.63, 3.8) is 0 Å². The second-order valence-electron chi connectivity index (χ2n) is 4.17. The fraction of sp³-hybridized carbons (Fsp3) is 0.333. The van der Waals surface area contributed by atoms with E-state index in [1.165, 1.54) is 7.11 Å². The zero-order valence-corrected chi connectivity index (χ0v) is 11.1. The van der Waals surface area contributed by atoms with Gasteiger partial charge in [0.05, 0.1) is 13.5 Å². The Morgan fingerprint density at radius 3 is 2.63 bits per heavy atom. The number of allylic oxidation sites excluding steroid dienone is 1. The molecule has 1 aromatic carbocycles. The molecule has 1 aromatic rings. The van der Waals surface area contributed by atoms with Crippen LogP contribution in [0.25, 0.3) is 0 Å². The molecule has 1 N–H and O–H groups in total. The van der Waals surface area contributed by atoms with Gasteiger partial charge in [0.25, 0.3) is 0 Å². The average Bonchev–Trinajstić information content (AvgIpc) is 2.43. The van der Waals surface area contributed by atoms with Crippen LogP contribution in [0.3, 0.4) is 0 Å². The molecule has 0 fully saturated rings. The highest BCUT2D eigenvalue weighted by Crippen LogP contribution is 2.03. The largest absolute Gasteiger partial charge is 0.467 e. The van der Waals surface area contributed by atoms with E-state index in [1.807, 2.05) is 30.3 Å². The highest BCUT2D eigenvalue weighted by Gasteiger charge is 2.20. The van der Waals surface area contributed by atoms with Crippen LogP contribution in [0.4, 0.5) is 0 Å². The second kappa shape index (κ2) is 8.08. The van der Waals surface area contributed by atoms with Crippen molar-refractivity contribution in [2.45, 2.75) is 25.3 Å². The Balaban J connectivity index is 2.55. The predicted molar refractivity (Wildman–Crippen MR) is 73.5 cm³/mol. The molecule has 0 saturated carbocycles. The molecule has 0 saturated heterocycles. The lowest BCUT2D eigenvalue weighted by Gasteiger charge is -2.15. The third-order valence-corrected chi connectivity index (χ3v) is 2.69. The van der Waals surface area contributed by atoms with Crippen LogP contribution in [-0.2, 0) is 20.7 Å². The number of carbonyl (C=O) groups is 2. The highest BCUT2D eigenvalue weighted by molar-refractivity contribution is 5.85. The van der Waals surface area contributed by atoms with Crippen molar-refractivity contribution in [1.82, 2.24) is 5.32 Å². The number of hydrogen-bond acceptors (Lipinski definition) is 3. The van der Waals surface area contributed by atoms with E-state index in [9.17, 15) is 9.59 Å². The standard InChI is InChI=1S/C15H19NO3/c1-3-4-10-13(15(18)19-2)16-14(17)11-12-8-6-5-7-9-12/h3,5-9,13H,1,4,10-11H2,2H3,(H,16,17)/t13-/m0/s1. The lowest BCUT2D eigenvalue weighted by Crippen LogP contribution is -2.42. The van der Waals surface area contributed by atoms with Crippen molar-refractivity contribution in [3.8, 4) is 0 Å². The van der Waals surface area contributed by atoms with Crippen molar-refractivity contribution in [3.05, 3.63) is 48.6 Å². The second-order valence-corrected chi connectivity index (χ2v) is 4.17. The number of ether oxygens (including phenoxy) is 1. The van der Waals surface area contributed by atoms with Crippen molar-refractivity contribution in [1.29, 1.82) is 0 Å². The van der Waals surface area contributed by atoms with E-state index < -0.39 is 12.0 Å². The smallest absolute Gasteiger partial charge is 0.328 e. The quantitative estimate of drug-likeness (QED) is 0.602. The van der Waals surface area contributed by atoms with E-state index in [2.05, 4.69) is 16.6 Å². The van der Waals surface area contributed by atoms with Crippen LogP contribution >= 0.6 is 0 Å². The van der Waals surface area contributed by atoms with Crippen LogP contribution in [0.5, 0.6) is 0 Å². The summed E-state index contributed by atoms with van der Waals surface area (Å²) in [4.78, 5) is 23.4. The summed E-state index contributed by atoms with van der Waals surface area (Å²) >= 11 is 0. The van der Waals surface area contributed by atoms with Crippen LogP contribution in [0.1, 0.15) is 18.4 Å². The summed E-state index contributed by atoms with van der Waals surface area (Å²) < 4.78 is 4.67. The molecule has 0 aliphatic rings. The van der Waals surface area contributed by atoms with Gasteiger partial charge in [0, 0.05) is 0 Å². The zero-order valence-electron chi connectivity index (χ0n) is 11.1.